The fourth-order valence-corrected chi connectivity index (χ4v) is 1.45. The summed E-state index contributed by atoms with van der Waals surface area (Å²) in [4.78, 5) is 11.5. The van der Waals surface area contributed by atoms with Gasteiger partial charge in [0.2, 0.25) is 5.16 Å². The summed E-state index contributed by atoms with van der Waals surface area (Å²) in [7, 11) is 0. The summed E-state index contributed by atoms with van der Waals surface area (Å²) in [6.07, 6.45) is 1.16. The lowest BCUT2D eigenvalue weighted by Gasteiger charge is -2.05. The molecule has 0 saturated carbocycles. The van der Waals surface area contributed by atoms with Gasteiger partial charge in [-0.2, -0.15) is 0 Å². The first-order valence-electron chi connectivity index (χ1n) is 5.37. The molecule has 0 unspecified atom stereocenters. The van der Waals surface area contributed by atoms with Gasteiger partial charge in [-0.1, -0.05) is 42.1 Å². The number of anilines is 1. The third-order valence-corrected chi connectivity index (χ3v) is 2.60. The lowest BCUT2D eigenvalue weighted by atomic mass is 10.2. The van der Waals surface area contributed by atoms with Crippen LogP contribution in [0, 0.1) is 0 Å². The molecule has 0 radical (unpaired) electrons. The zero-order chi connectivity index (χ0) is 13.5. The van der Waals surface area contributed by atoms with E-state index in [2.05, 4.69) is 25.7 Å². The van der Waals surface area contributed by atoms with E-state index in [9.17, 15) is 4.79 Å². The number of nitrogens with one attached hydrogen (secondary N) is 1. The first-order valence-corrected chi connectivity index (χ1v) is 6.59. The molecule has 1 aromatic carbocycles. The molecule has 1 aromatic heterocycles. The Hall–Kier alpha value is -2.22. The third-order valence-electron chi connectivity index (χ3n) is 2.07. The Labute approximate surface area is 113 Å². The second-order valence-electron chi connectivity index (χ2n) is 3.40. The van der Waals surface area contributed by atoms with E-state index in [1.165, 1.54) is 11.8 Å². The first kappa shape index (κ1) is 13.2. The molecule has 0 fully saturated rings. The Morgan fingerprint density at radius 1 is 1.21 bits per heavy atom. The van der Waals surface area contributed by atoms with Gasteiger partial charge in [0.05, 0.1) is 0 Å². The van der Waals surface area contributed by atoms with Crippen LogP contribution in [0.3, 0.4) is 0 Å². The van der Waals surface area contributed by atoms with Crippen molar-refractivity contribution in [2.24, 2.45) is 0 Å². The molecule has 0 bridgehead atoms. The van der Waals surface area contributed by atoms with Crippen LogP contribution in [0.2, 0.25) is 0 Å². The lowest BCUT2D eigenvalue weighted by Crippen LogP contribution is -2.16. The molecule has 98 valence electrons. The molecule has 2 aromatic rings. The number of carbonyl (C=O) groups is 1. The average molecular weight is 277 g/mol. The Morgan fingerprint density at radius 3 is 2.53 bits per heavy atom. The fraction of sp³-hybridized carbons (Fsp3) is 0.182. The van der Waals surface area contributed by atoms with E-state index in [4.69, 9.17) is 4.74 Å². The number of hydrogen-bond donors (Lipinski definition) is 1. The van der Waals surface area contributed by atoms with Gasteiger partial charge in [-0.25, -0.2) is 4.79 Å². The van der Waals surface area contributed by atoms with E-state index in [0.717, 1.165) is 5.56 Å². The maximum atomic E-state index is 11.5. The van der Waals surface area contributed by atoms with E-state index in [-0.39, 0.29) is 12.6 Å². The number of aromatic nitrogens is 4. The fourth-order valence-electron chi connectivity index (χ4n) is 1.20. The molecule has 7 nitrogen and oxygen atoms in total. The van der Waals surface area contributed by atoms with E-state index in [1.807, 2.05) is 30.3 Å². The number of carbonyl (C=O) groups excluding carboxylic acids is 1. The highest BCUT2D eigenvalue weighted by Crippen LogP contribution is 2.05. The summed E-state index contributed by atoms with van der Waals surface area (Å²) >= 11 is 1.31. The van der Waals surface area contributed by atoms with Gasteiger partial charge < -0.3 is 4.74 Å². The van der Waals surface area contributed by atoms with Crippen molar-refractivity contribution < 1.29 is 9.53 Å². The number of rotatable bonds is 4. The molecule has 1 amide bonds. The van der Waals surface area contributed by atoms with Crippen molar-refractivity contribution in [3.05, 3.63) is 35.9 Å². The van der Waals surface area contributed by atoms with Crippen LogP contribution < -0.4 is 5.32 Å². The minimum atomic E-state index is -0.649. The van der Waals surface area contributed by atoms with Crippen LogP contribution >= 0.6 is 11.8 Å². The van der Waals surface area contributed by atoms with E-state index < -0.39 is 6.09 Å². The zero-order valence-electron chi connectivity index (χ0n) is 10.1. The van der Waals surface area contributed by atoms with Gasteiger partial charge in [-0.3, -0.25) is 5.32 Å². The summed E-state index contributed by atoms with van der Waals surface area (Å²) in [5.74, 6) is 0.0101. The summed E-state index contributed by atoms with van der Waals surface area (Å²) < 4.78 is 5.00. The highest BCUT2D eigenvalue weighted by atomic mass is 32.2. The van der Waals surface area contributed by atoms with Crippen molar-refractivity contribution in [1.29, 1.82) is 0 Å². The van der Waals surface area contributed by atoms with Crippen LogP contribution in [0.1, 0.15) is 5.56 Å². The van der Waals surface area contributed by atoms with Crippen molar-refractivity contribution in [3.8, 4) is 0 Å². The second-order valence-corrected chi connectivity index (χ2v) is 4.17. The van der Waals surface area contributed by atoms with Crippen LogP contribution in [0.4, 0.5) is 10.7 Å². The zero-order valence-corrected chi connectivity index (χ0v) is 10.9. The second kappa shape index (κ2) is 6.64. The highest BCUT2D eigenvalue weighted by molar-refractivity contribution is 7.98. The molecule has 2 rings (SSSR count). The molecule has 1 heterocycles. The van der Waals surface area contributed by atoms with Crippen molar-refractivity contribution >= 4 is 23.8 Å². The van der Waals surface area contributed by atoms with E-state index in [1.54, 1.807) is 6.26 Å². The van der Waals surface area contributed by atoms with Crippen LogP contribution in [-0.2, 0) is 11.3 Å². The van der Waals surface area contributed by atoms with Gasteiger partial charge in [0.25, 0.3) is 5.95 Å². The SMILES string of the molecule is CSc1nnc(NC(=O)OCc2ccccc2)nn1. The quantitative estimate of drug-likeness (QED) is 0.851. The number of ether oxygens (including phenoxy) is 1. The molecule has 0 aliphatic heterocycles. The summed E-state index contributed by atoms with van der Waals surface area (Å²) in [6.45, 7) is 0.177. The van der Waals surface area contributed by atoms with Crippen LogP contribution in [-0.4, -0.2) is 32.7 Å². The predicted molar refractivity (Wildman–Crippen MR) is 69.7 cm³/mol. The maximum Gasteiger partial charge on any atom is 0.414 e. The Kier molecular flexibility index (Phi) is 4.62. The Bertz CT molecular complexity index is 535. The van der Waals surface area contributed by atoms with Crippen LogP contribution in [0.25, 0.3) is 0 Å². The lowest BCUT2D eigenvalue weighted by molar-refractivity contribution is 0.155. The topological polar surface area (TPSA) is 89.9 Å². The number of benzene rings is 1. The van der Waals surface area contributed by atoms with Crippen molar-refractivity contribution in [3.63, 3.8) is 0 Å². The molecule has 19 heavy (non-hydrogen) atoms. The van der Waals surface area contributed by atoms with Crippen molar-refractivity contribution in [2.45, 2.75) is 11.8 Å². The Morgan fingerprint density at radius 2 is 1.89 bits per heavy atom. The van der Waals surface area contributed by atoms with Gasteiger partial charge >= 0.3 is 6.09 Å². The van der Waals surface area contributed by atoms with Gasteiger partial charge in [0, 0.05) is 0 Å². The minimum Gasteiger partial charge on any atom is -0.444 e. The van der Waals surface area contributed by atoms with E-state index in [0.29, 0.717) is 5.16 Å². The van der Waals surface area contributed by atoms with Crippen LogP contribution in [0.15, 0.2) is 35.5 Å². The first-order chi connectivity index (χ1) is 9.28. The molecule has 0 spiro atoms. The monoisotopic (exact) mass is 277 g/mol. The molecule has 0 saturated heterocycles. The molecule has 0 atom stereocenters. The van der Waals surface area contributed by atoms with Gasteiger partial charge in [-0.05, 0) is 11.8 Å². The number of amides is 1. The number of nitrogens with zero attached hydrogens (tertiary/aromatic N) is 4. The van der Waals surface area contributed by atoms with Crippen LogP contribution in [0.5, 0.6) is 0 Å². The molecular weight excluding hydrogens is 266 g/mol. The predicted octanol–water partition coefficient (Wildman–Crippen LogP) is 1.74. The summed E-state index contributed by atoms with van der Waals surface area (Å²) in [5, 5.41) is 17.6. The van der Waals surface area contributed by atoms with Crippen molar-refractivity contribution in [2.75, 3.05) is 11.6 Å². The molecular formula is C11H11N5O2S. The number of thioether (sulfide) groups is 1. The van der Waals surface area contributed by atoms with E-state index >= 15 is 0 Å². The standard InChI is InChI=1S/C11H11N5O2S/c1-19-10-15-13-9(14-16-10)12-11(17)18-7-8-5-3-2-4-6-8/h2-6H,7H2,1H3,(H,12,13,14,17). The molecule has 1 N–H and O–H groups in total. The Balaban J connectivity index is 1.83. The highest BCUT2D eigenvalue weighted by Gasteiger charge is 2.07. The minimum absolute atomic E-state index is 0.0101. The van der Waals surface area contributed by atoms with Gasteiger partial charge in [0.1, 0.15) is 6.61 Å². The number of hydrogen-bond acceptors (Lipinski definition) is 7. The normalized spacial score (nSPS) is 9.95. The van der Waals surface area contributed by atoms with Gasteiger partial charge in [0.15, 0.2) is 0 Å². The maximum absolute atomic E-state index is 11.5. The average Bonchev–Trinajstić information content (AvgIpc) is 2.47. The summed E-state index contributed by atoms with van der Waals surface area (Å²) in [5.41, 5.74) is 0.896. The molecule has 0 aliphatic rings. The largest absolute Gasteiger partial charge is 0.444 e. The molecule has 8 heteroatoms. The summed E-state index contributed by atoms with van der Waals surface area (Å²) in [6, 6.07) is 9.35. The third kappa shape index (κ3) is 4.18. The molecule has 0 aliphatic carbocycles. The van der Waals surface area contributed by atoms with Gasteiger partial charge in [-0.15, -0.1) is 20.4 Å². The van der Waals surface area contributed by atoms with Crippen molar-refractivity contribution in [1.82, 2.24) is 20.4 Å². The smallest absolute Gasteiger partial charge is 0.414 e.